The summed E-state index contributed by atoms with van der Waals surface area (Å²) >= 11 is 1.46. The van der Waals surface area contributed by atoms with Crippen LogP contribution in [0.2, 0.25) is 0 Å². The minimum Gasteiger partial charge on any atom is -0.349 e. The van der Waals surface area contributed by atoms with Gasteiger partial charge < -0.3 is 9.88 Å². The molecule has 0 aliphatic rings. The normalized spacial score (nSPS) is 12.2. The highest BCUT2D eigenvalue weighted by Gasteiger charge is 2.14. The lowest BCUT2D eigenvalue weighted by molar-refractivity contribution is -0.119. The standard InChI is InChI=1S/C19H26FN3OS/c1-5-6-11-23-15(4)13(2)22-19(23)25-12-18(24)21-14(3)16-7-9-17(20)10-8-16/h7-10,14H,5-6,11-12H2,1-4H3,(H,21,24). The van der Waals surface area contributed by atoms with Crippen molar-refractivity contribution in [2.75, 3.05) is 5.75 Å². The number of aryl methyl sites for hydroxylation is 1. The van der Waals surface area contributed by atoms with Crippen LogP contribution in [0.15, 0.2) is 29.4 Å². The van der Waals surface area contributed by atoms with Gasteiger partial charge in [0.2, 0.25) is 5.91 Å². The summed E-state index contributed by atoms with van der Waals surface area (Å²) in [6.07, 6.45) is 2.22. The first-order valence-corrected chi connectivity index (χ1v) is 9.62. The molecular formula is C19H26FN3OS. The van der Waals surface area contributed by atoms with Crippen LogP contribution in [0.1, 0.15) is 49.7 Å². The molecule has 0 spiro atoms. The second kappa shape index (κ2) is 9.04. The van der Waals surface area contributed by atoms with Crippen LogP contribution in [0.4, 0.5) is 4.39 Å². The lowest BCUT2D eigenvalue weighted by Crippen LogP contribution is -2.28. The van der Waals surface area contributed by atoms with E-state index < -0.39 is 0 Å². The lowest BCUT2D eigenvalue weighted by Gasteiger charge is -2.14. The van der Waals surface area contributed by atoms with Crippen molar-refractivity contribution in [1.29, 1.82) is 0 Å². The molecule has 0 fully saturated rings. The van der Waals surface area contributed by atoms with Gasteiger partial charge in [0.1, 0.15) is 5.82 Å². The molecule has 2 rings (SSSR count). The second-order valence-electron chi connectivity index (χ2n) is 6.20. The molecule has 25 heavy (non-hydrogen) atoms. The molecule has 6 heteroatoms. The van der Waals surface area contributed by atoms with Crippen molar-refractivity contribution in [2.24, 2.45) is 0 Å². The van der Waals surface area contributed by atoms with Gasteiger partial charge in [0, 0.05) is 12.2 Å². The predicted octanol–water partition coefficient (Wildman–Crippen LogP) is 4.41. The highest BCUT2D eigenvalue weighted by molar-refractivity contribution is 7.99. The van der Waals surface area contributed by atoms with Gasteiger partial charge in [-0.25, -0.2) is 9.37 Å². The lowest BCUT2D eigenvalue weighted by atomic mass is 10.1. The van der Waals surface area contributed by atoms with E-state index in [0.29, 0.717) is 5.75 Å². The van der Waals surface area contributed by atoms with Gasteiger partial charge in [0.05, 0.1) is 17.5 Å². The molecule has 1 unspecified atom stereocenters. The number of imidazole rings is 1. The SMILES string of the molecule is CCCCn1c(SCC(=O)NC(C)c2ccc(F)cc2)nc(C)c1C. The van der Waals surface area contributed by atoms with Crippen molar-refractivity contribution in [3.63, 3.8) is 0 Å². The molecule has 0 aliphatic heterocycles. The minimum atomic E-state index is -0.275. The predicted molar refractivity (Wildman–Crippen MR) is 100 cm³/mol. The van der Waals surface area contributed by atoms with E-state index in [1.807, 2.05) is 13.8 Å². The van der Waals surface area contributed by atoms with E-state index in [0.717, 1.165) is 41.5 Å². The summed E-state index contributed by atoms with van der Waals surface area (Å²) in [5.41, 5.74) is 3.06. The minimum absolute atomic E-state index is 0.0535. The summed E-state index contributed by atoms with van der Waals surface area (Å²) < 4.78 is 15.2. The van der Waals surface area contributed by atoms with E-state index in [1.165, 1.54) is 23.9 Å². The van der Waals surface area contributed by atoms with E-state index >= 15 is 0 Å². The molecule has 1 N–H and O–H groups in total. The molecule has 1 aromatic carbocycles. The number of rotatable bonds is 8. The third-order valence-corrected chi connectivity index (χ3v) is 5.21. The number of unbranched alkanes of at least 4 members (excludes halogenated alkanes) is 1. The zero-order chi connectivity index (χ0) is 18.4. The van der Waals surface area contributed by atoms with Crippen LogP contribution >= 0.6 is 11.8 Å². The topological polar surface area (TPSA) is 46.9 Å². The highest BCUT2D eigenvalue weighted by atomic mass is 32.2. The Hall–Kier alpha value is -1.82. The number of hydrogen-bond donors (Lipinski definition) is 1. The number of carbonyl (C=O) groups excluding carboxylic acids is 1. The molecule has 0 radical (unpaired) electrons. The molecule has 1 heterocycles. The second-order valence-corrected chi connectivity index (χ2v) is 7.14. The third kappa shape index (κ3) is 5.33. The average Bonchev–Trinajstić information content (AvgIpc) is 2.85. The Labute approximate surface area is 153 Å². The van der Waals surface area contributed by atoms with Gasteiger partial charge in [-0.15, -0.1) is 0 Å². The first kappa shape index (κ1) is 19.5. The van der Waals surface area contributed by atoms with Crippen molar-refractivity contribution in [3.05, 3.63) is 47.0 Å². The highest BCUT2D eigenvalue weighted by Crippen LogP contribution is 2.22. The Morgan fingerprint density at radius 1 is 1.32 bits per heavy atom. The largest absolute Gasteiger partial charge is 0.349 e. The number of thioether (sulfide) groups is 1. The number of aromatic nitrogens is 2. The summed E-state index contributed by atoms with van der Waals surface area (Å²) in [6.45, 7) is 9.05. The molecule has 4 nitrogen and oxygen atoms in total. The van der Waals surface area contributed by atoms with Gasteiger partial charge >= 0.3 is 0 Å². The number of benzene rings is 1. The maximum atomic E-state index is 13.0. The van der Waals surface area contributed by atoms with Gasteiger partial charge in [0.15, 0.2) is 5.16 Å². The first-order valence-electron chi connectivity index (χ1n) is 8.63. The van der Waals surface area contributed by atoms with Crippen LogP contribution in [0.25, 0.3) is 0 Å². The number of hydrogen-bond acceptors (Lipinski definition) is 3. The third-order valence-electron chi connectivity index (χ3n) is 4.24. The van der Waals surface area contributed by atoms with Gasteiger partial charge in [-0.1, -0.05) is 37.2 Å². The molecule has 1 atom stereocenters. The van der Waals surface area contributed by atoms with Gasteiger partial charge in [-0.05, 0) is 44.9 Å². The Morgan fingerprint density at radius 2 is 2.00 bits per heavy atom. The van der Waals surface area contributed by atoms with Crippen LogP contribution in [0.3, 0.4) is 0 Å². The fourth-order valence-electron chi connectivity index (χ4n) is 2.56. The van der Waals surface area contributed by atoms with Crippen LogP contribution in [0.5, 0.6) is 0 Å². The van der Waals surface area contributed by atoms with Crippen molar-refractivity contribution in [1.82, 2.24) is 14.9 Å². The molecule has 1 amide bonds. The molecule has 1 aromatic heterocycles. The van der Waals surface area contributed by atoms with Crippen molar-refractivity contribution >= 4 is 17.7 Å². The van der Waals surface area contributed by atoms with Crippen LogP contribution in [-0.2, 0) is 11.3 Å². The van der Waals surface area contributed by atoms with Crippen molar-refractivity contribution in [2.45, 2.75) is 58.3 Å². The van der Waals surface area contributed by atoms with Crippen molar-refractivity contribution in [3.8, 4) is 0 Å². The van der Waals surface area contributed by atoms with Crippen molar-refractivity contribution < 1.29 is 9.18 Å². The van der Waals surface area contributed by atoms with Gasteiger partial charge in [-0.2, -0.15) is 0 Å². The van der Waals surface area contributed by atoms with E-state index in [2.05, 4.69) is 28.7 Å². The van der Waals surface area contributed by atoms with Gasteiger partial charge in [0.25, 0.3) is 0 Å². The molecular weight excluding hydrogens is 337 g/mol. The molecule has 0 saturated carbocycles. The van der Waals surface area contributed by atoms with E-state index in [9.17, 15) is 9.18 Å². The Balaban J connectivity index is 1.93. The summed E-state index contributed by atoms with van der Waals surface area (Å²) in [5.74, 6) is -0.0160. The number of halogens is 1. The number of carbonyl (C=O) groups is 1. The molecule has 2 aromatic rings. The smallest absolute Gasteiger partial charge is 0.230 e. The van der Waals surface area contributed by atoms with E-state index in [4.69, 9.17) is 0 Å². The Bertz CT molecular complexity index is 712. The Morgan fingerprint density at radius 3 is 2.64 bits per heavy atom. The van der Waals surface area contributed by atoms with Gasteiger partial charge in [-0.3, -0.25) is 4.79 Å². The monoisotopic (exact) mass is 363 g/mol. The Kier molecular flexibility index (Phi) is 7.05. The molecule has 136 valence electrons. The molecule has 0 saturated heterocycles. The van der Waals surface area contributed by atoms with E-state index in [1.54, 1.807) is 12.1 Å². The zero-order valence-electron chi connectivity index (χ0n) is 15.3. The maximum Gasteiger partial charge on any atom is 0.230 e. The van der Waals surface area contributed by atoms with Crippen LogP contribution in [0, 0.1) is 19.7 Å². The quantitative estimate of drug-likeness (QED) is 0.707. The van der Waals surface area contributed by atoms with E-state index in [-0.39, 0.29) is 17.8 Å². The maximum absolute atomic E-state index is 13.0. The number of nitrogens with zero attached hydrogens (tertiary/aromatic N) is 2. The summed E-state index contributed by atoms with van der Waals surface area (Å²) in [4.78, 5) is 16.8. The summed E-state index contributed by atoms with van der Waals surface area (Å²) in [6, 6.07) is 6.04. The average molecular weight is 364 g/mol. The number of amides is 1. The molecule has 0 bridgehead atoms. The fourth-order valence-corrected chi connectivity index (χ4v) is 3.49. The summed E-state index contributed by atoms with van der Waals surface area (Å²) in [7, 11) is 0. The van der Waals surface area contributed by atoms with Crippen LogP contribution < -0.4 is 5.32 Å². The zero-order valence-corrected chi connectivity index (χ0v) is 16.1. The first-order chi connectivity index (χ1) is 11.9. The fraction of sp³-hybridized carbons (Fsp3) is 0.474. The molecule has 0 aliphatic carbocycles. The summed E-state index contributed by atoms with van der Waals surface area (Å²) in [5, 5.41) is 3.85. The van der Waals surface area contributed by atoms with Crippen LogP contribution in [-0.4, -0.2) is 21.2 Å². The number of nitrogens with one attached hydrogen (secondary N) is 1.